The van der Waals surface area contributed by atoms with Crippen molar-refractivity contribution in [1.82, 2.24) is 4.98 Å². The van der Waals surface area contributed by atoms with Gasteiger partial charge in [-0.05, 0) is 36.5 Å². The Morgan fingerprint density at radius 2 is 1.80 bits per heavy atom. The molecule has 1 aromatic heterocycles. The molecule has 0 radical (unpaired) electrons. The van der Waals surface area contributed by atoms with Crippen molar-refractivity contribution >= 4 is 0 Å². The smallest absolute Gasteiger partial charge is 0.0787 e. The van der Waals surface area contributed by atoms with Crippen LogP contribution in [-0.2, 0) is 6.42 Å². The molecular weight excluding hydrogens is 246 g/mol. The van der Waals surface area contributed by atoms with E-state index in [0.717, 1.165) is 29.7 Å². The highest BCUT2D eigenvalue weighted by Gasteiger charge is 2.05. The Labute approximate surface area is 121 Å². The van der Waals surface area contributed by atoms with Crippen LogP contribution in [0.15, 0.2) is 42.6 Å². The third kappa shape index (κ3) is 3.67. The van der Waals surface area contributed by atoms with Crippen molar-refractivity contribution in [3.8, 4) is 11.3 Å². The van der Waals surface area contributed by atoms with Gasteiger partial charge < -0.3 is 5.11 Å². The number of aryl methyl sites for hydroxylation is 1. The van der Waals surface area contributed by atoms with E-state index in [1.807, 2.05) is 37.4 Å². The molecular formula is C18H23NO. The molecule has 1 atom stereocenters. The van der Waals surface area contributed by atoms with Crippen molar-refractivity contribution in [2.24, 2.45) is 0 Å². The predicted octanol–water partition coefficient (Wildman–Crippen LogP) is 4.53. The SMILES string of the molecule is CCCCc1ccc(-c2ccc(C(O)CC)cc2)nc1. The lowest BCUT2D eigenvalue weighted by atomic mass is 10.0. The minimum absolute atomic E-state index is 0.367. The maximum Gasteiger partial charge on any atom is 0.0787 e. The summed E-state index contributed by atoms with van der Waals surface area (Å²) in [4.78, 5) is 4.53. The summed E-state index contributed by atoms with van der Waals surface area (Å²) in [5, 5.41) is 9.79. The molecule has 2 rings (SSSR count). The molecule has 1 unspecified atom stereocenters. The molecule has 2 nitrogen and oxygen atoms in total. The van der Waals surface area contributed by atoms with Gasteiger partial charge in [0.25, 0.3) is 0 Å². The van der Waals surface area contributed by atoms with Crippen LogP contribution >= 0.6 is 0 Å². The summed E-state index contributed by atoms with van der Waals surface area (Å²) in [6.07, 6.45) is 5.87. The number of nitrogens with zero attached hydrogens (tertiary/aromatic N) is 1. The minimum Gasteiger partial charge on any atom is -0.388 e. The first-order valence-electron chi connectivity index (χ1n) is 7.48. The number of benzene rings is 1. The molecule has 0 spiro atoms. The van der Waals surface area contributed by atoms with E-state index < -0.39 is 0 Å². The maximum absolute atomic E-state index is 9.79. The number of pyridine rings is 1. The Kier molecular flexibility index (Phi) is 5.31. The molecule has 106 valence electrons. The van der Waals surface area contributed by atoms with Gasteiger partial charge in [-0.1, -0.05) is 50.6 Å². The van der Waals surface area contributed by atoms with E-state index in [4.69, 9.17) is 0 Å². The van der Waals surface area contributed by atoms with Crippen molar-refractivity contribution in [3.63, 3.8) is 0 Å². The predicted molar refractivity (Wildman–Crippen MR) is 83.5 cm³/mol. The van der Waals surface area contributed by atoms with Gasteiger partial charge >= 0.3 is 0 Å². The molecule has 0 aliphatic heterocycles. The lowest BCUT2D eigenvalue weighted by Gasteiger charge is -2.09. The molecule has 0 bridgehead atoms. The van der Waals surface area contributed by atoms with Gasteiger partial charge in [-0.15, -0.1) is 0 Å². The minimum atomic E-state index is -0.367. The number of rotatable bonds is 6. The molecule has 0 fully saturated rings. The summed E-state index contributed by atoms with van der Waals surface area (Å²) in [5.74, 6) is 0. The van der Waals surface area contributed by atoms with Gasteiger partial charge in [-0.3, -0.25) is 4.98 Å². The van der Waals surface area contributed by atoms with Crippen LogP contribution < -0.4 is 0 Å². The first-order valence-corrected chi connectivity index (χ1v) is 7.48. The molecule has 0 saturated heterocycles. The number of unbranched alkanes of at least 4 members (excludes halogenated alkanes) is 1. The number of aliphatic hydroxyl groups is 1. The van der Waals surface area contributed by atoms with Gasteiger partial charge in [0.1, 0.15) is 0 Å². The molecule has 1 heterocycles. The lowest BCUT2D eigenvalue weighted by molar-refractivity contribution is 0.173. The van der Waals surface area contributed by atoms with Crippen LogP contribution in [0.5, 0.6) is 0 Å². The van der Waals surface area contributed by atoms with E-state index in [1.165, 1.54) is 18.4 Å². The summed E-state index contributed by atoms with van der Waals surface area (Å²) >= 11 is 0. The number of aromatic nitrogens is 1. The summed E-state index contributed by atoms with van der Waals surface area (Å²) in [5.41, 5.74) is 4.35. The average molecular weight is 269 g/mol. The fourth-order valence-corrected chi connectivity index (χ4v) is 2.24. The normalized spacial score (nSPS) is 12.3. The Morgan fingerprint density at radius 1 is 1.05 bits per heavy atom. The second kappa shape index (κ2) is 7.20. The standard InChI is InChI=1S/C18H23NO/c1-3-5-6-14-7-12-17(19-13-14)15-8-10-16(11-9-15)18(20)4-2/h7-13,18,20H,3-6H2,1-2H3. The van der Waals surface area contributed by atoms with Crippen molar-refractivity contribution in [2.75, 3.05) is 0 Å². The van der Waals surface area contributed by atoms with Crippen LogP contribution in [0.1, 0.15) is 50.3 Å². The Hall–Kier alpha value is -1.67. The third-order valence-corrected chi connectivity index (χ3v) is 3.62. The molecule has 0 aliphatic rings. The molecule has 1 aromatic carbocycles. The van der Waals surface area contributed by atoms with E-state index in [9.17, 15) is 5.11 Å². The zero-order valence-corrected chi connectivity index (χ0v) is 12.3. The van der Waals surface area contributed by atoms with Gasteiger partial charge in [0.2, 0.25) is 0 Å². The monoisotopic (exact) mass is 269 g/mol. The van der Waals surface area contributed by atoms with Gasteiger partial charge in [0, 0.05) is 11.8 Å². The van der Waals surface area contributed by atoms with Gasteiger partial charge in [-0.25, -0.2) is 0 Å². The van der Waals surface area contributed by atoms with Gasteiger partial charge in [0.15, 0.2) is 0 Å². The number of hydrogen-bond acceptors (Lipinski definition) is 2. The van der Waals surface area contributed by atoms with Crippen LogP contribution in [-0.4, -0.2) is 10.1 Å². The van der Waals surface area contributed by atoms with E-state index in [0.29, 0.717) is 0 Å². The fraction of sp³-hybridized carbons (Fsp3) is 0.389. The maximum atomic E-state index is 9.79. The molecule has 20 heavy (non-hydrogen) atoms. The quantitative estimate of drug-likeness (QED) is 0.835. The molecule has 0 aliphatic carbocycles. The van der Waals surface area contributed by atoms with Crippen LogP contribution in [0, 0.1) is 0 Å². The van der Waals surface area contributed by atoms with Gasteiger partial charge in [0.05, 0.1) is 11.8 Å². The zero-order valence-electron chi connectivity index (χ0n) is 12.3. The van der Waals surface area contributed by atoms with E-state index in [1.54, 1.807) is 0 Å². The Morgan fingerprint density at radius 3 is 2.35 bits per heavy atom. The van der Waals surface area contributed by atoms with Crippen LogP contribution in [0.3, 0.4) is 0 Å². The van der Waals surface area contributed by atoms with Crippen molar-refractivity contribution < 1.29 is 5.11 Å². The van der Waals surface area contributed by atoms with Crippen LogP contribution in [0.25, 0.3) is 11.3 Å². The largest absolute Gasteiger partial charge is 0.388 e. The van der Waals surface area contributed by atoms with Crippen molar-refractivity contribution in [3.05, 3.63) is 53.7 Å². The molecule has 0 amide bonds. The summed E-state index contributed by atoms with van der Waals surface area (Å²) < 4.78 is 0. The van der Waals surface area contributed by atoms with Gasteiger partial charge in [-0.2, -0.15) is 0 Å². The highest BCUT2D eigenvalue weighted by atomic mass is 16.3. The van der Waals surface area contributed by atoms with Crippen LogP contribution in [0.4, 0.5) is 0 Å². The molecule has 2 aromatic rings. The molecule has 0 saturated carbocycles. The lowest BCUT2D eigenvalue weighted by Crippen LogP contribution is -1.95. The average Bonchev–Trinajstić information content (AvgIpc) is 2.53. The first-order chi connectivity index (χ1) is 9.74. The van der Waals surface area contributed by atoms with Crippen molar-refractivity contribution in [2.45, 2.75) is 45.6 Å². The Bertz CT molecular complexity index is 516. The van der Waals surface area contributed by atoms with E-state index in [-0.39, 0.29) is 6.10 Å². The summed E-state index contributed by atoms with van der Waals surface area (Å²) in [7, 11) is 0. The van der Waals surface area contributed by atoms with E-state index in [2.05, 4.69) is 24.0 Å². The Balaban J connectivity index is 2.11. The van der Waals surface area contributed by atoms with Crippen LogP contribution in [0.2, 0.25) is 0 Å². The zero-order chi connectivity index (χ0) is 14.4. The summed E-state index contributed by atoms with van der Waals surface area (Å²) in [6, 6.07) is 12.3. The second-order valence-electron chi connectivity index (χ2n) is 5.20. The fourth-order valence-electron chi connectivity index (χ4n) is 2.24. The third-order valence-electron chi connectivity index (χ3n) is 3.62. The molecule has 2 heteroatoms. The topological polar surface area (TPSA) is 33.1 Å². The van der Waals surface area contributed by atoms with Crippen molar-refractivity contribution in [1.29, 1.82) is 0 Å². The number of hydrogen-bond donors (Lipinski definition) is 1. The first kappa shape index (κ1) is 14.7. The summed E-state index contributed by atoms with van der Waals surface area (Å²) in [6.45, 7) is 4.18. The second-order valence-corrected chi connectivity index (χ2v) is 5.20. The van der Waals surface area contributed by atoms with E-state index >= 15 is 0 Å². The molecule has 1 N–H and O–H groups in total. The highest BCUT2D eigenvalue weighted by molar-refractivity contribution is 5.59. The number of aliphatic hydroxyl groups excluding tert-OH is 1. The highest BCUT2D eigenvalue weighted by Crippen LogP contribution is 2.22.